The summed E-state index contributed by atoms with van der Waals surface area (Å²) in [6.07, 6.45) is 10.8. The molecule has 2 aromatic heterocycles. The Morgan fingerprint density at radius 3 is 2.61 bits per heavy atom. The van der Waals surface area contributed by atoms with Crippen molar-refractivity contribution in [3.05, 3.63) is 53.5 Å². The average molecular weight is 860 g/mol. The van der Waals surface area contributed by atoms with Crippen molar-refractivity contribution in [2.24, 2.45) is 5.92 Å². The Morgan fingerprint density at radius 2 is 1.85 bits per heavy atom. The molecule has 1 saturated carbocycles. The SMILES string of the molecule is C#Cc1c(F)c(F)cc2cc(N)cc(-c3ncc4c(N5CCCC[C@H]6[C@@H](F)[C@H]65)nc(O)nc4c3F)c12.F[C@@H]1C[C-]2CCCN2C1.[U]. The van der Waals surface area contributed by atoms with Crippen LogP contribution in [-0.4, -0.2) is 63.0 Å². The third-order valence-electron chi connectivity index (χ3n) is 9.27. The maximum atomic E-state index is 16.0. The van der Waals surface area contributed by atoms with Gasteiger partial charge >= 0.3 is 6.01 Å². The zero-order valence-corrected chi connectivity index (χ0v) is 28.9. The minimum Gasteiger partial charge on any atom is -0.479 e. The number of nitrogen functional groups attached to an aromatic ring is 1. The minimum atomic E-state index is -1.25. The van der Waals surface area contributed by atoms with Gasteiger partial charge in [-0.1, -0.05) is 18.8 Å². The summed E-state index contributed by atoms with van der Waals surface area (Å²) in [6.45, 7) is 2.28. The van der Waals surface area contributed by atoms with Crippen LogP contribution in [0, 0.1) is 72.9 Å². The molecular weight excluding hydrogens is 829 g/mol. The van der Waals surface area contributed by atoms with Crippen LogP contribution in [0.15, 0.2) is 24.4 Å². The Kier molecular flexibility index (Phi) is 9.10. The Morgan fingerprint density at radius 1 is 1.04 bits per heavy atom. The minimum absolute atomic E-state index is 0. The molecule has 4 aliphatic rings. The van der Waals surface area contributed by atoms with Gasteiger partial charge in [0.2, 0.25) is 0 Å². The fraction of sp³-hybridized carbons (Fsp3) is 0.394. The Balaban J connectivity index is 0.000000318. The number of hydrogen-bond donors (Lipinski definition) is 2. The van der Waals surface area contributed by atoms with Crippen molar-refractivity contribution in [1.82, 2.24) is 19.9 Å². The van der Waals surface area contributed by atoms with E-state index in [1.165, 1.54) is 30.8 Å². The molecule has 0 unspecified atom stereocenters. The van der Waals surface area contributed by atoms with Crippen LogP contribution in [0.1, 0.15) is 44.1 Å². The summed E-state index contributed by atoms with van der Waals surface area (Å²) < 4.78 is 71.7. The van der Waals surface area contributed by atoms with Crippen molar-refractivity contribution in [3.63, 3.8) is 0 Å². The van der Waals surface area contributed by atoms with Gasteiger partial charge in [0.15, 0.2) is 17.5 Å². The maximum absolute atomic E-state index is 16.0. The number of aromatic hydroxyl groups is 1. The molecule has 238 valence electrons. The third kappa shape index (κ3) is 5.67. The van der Waals surface area contributed by atoms with E-state index in [9.17, 15) is 22.7 Å². The zero-order chi connectivity index (χ0) is 31.6. The quantitative estimate of drug-likeness (QED) is 0.107. The number of benzene rings is 2. The number of halogens is 5. The van der Waals surface area contributed by atoms with Gasteiger partial charge in [0, 0.05) is 66.4 Å². The number of rotatable bonds is 2. The van der Waals surface area contributed by atoms with E-state index in [0.717, 1.165) is 44.7 Å². The number of pyridine rings is 1. The number of aromatic nitrogens is 3. The summed E-state index contributed by atoms with van der Waals surface area (Å²) in [7, 11) is 0. The smallest absolute Gasteiger partial charge is 0.316 e. The predicted octanol–water partition coefficient (Wildman–Crippen LogP) is 6.21. The fourth-order valence-corrected chi connectivity index (χ4v) is 7.18. The molecule has 0 bridgehead atoms. The number of nitrogens with zero attached hydrogens (tertiary/aromatic N) is 5. The van der Waals surface area contributed by atoms with E-state index in [2.05, 4.69) is 25.8 Å². The molecule has 7 nitrogen and oxygen atoms in total. The van der Waals surface area contributed by atoms with Crippen molar-refractivity contribution in [2.45, 2.75) is 56.9 Å². The molecule has 13 heteroatoms. The zero-order valence-electron chi connectivity index (χ0n) is 24.7. The first kappa shape index (κ1) is 32.7. The third-order valence-corrected chi connectivity index (χ3v) is 9.27. The summed E-state index contributed by atoms with van der Waals surface area (Å²) in [5.41, 5.74) is 5.24. The molecule has 0 radical (unpaired) electrons. The Labute approximate surface area is 286 Å². The molecule has 4 fully saturated rings. The standard InChI is InChI=1S/C26H19F4N5O.C7H11FN.U/c1-2-13-18-11(8-17(27)19(13)28)7-12(31)9-15(18)22-21(30)23-16(10-32-22)25(34-26(36)33-23)35-6-4-3-5-14-20(29)24(14)35;8-6-4-7-2-1-3-9(7)5-6;/h1,7-10,14,20,24H,3-6,31H2,(H,33,34,36);6H,1-5H2;/q;-1;/t14-,20+,24-;6-;/m01./s1. The number of terminal acetylenes is 1. The predicted molar refractivity (Wildman–Crippen MR) is 161 cm³/mol. The van der Waals surface area contributed by atoms with Gasteiger partial charge in [0.1, 0.15) is 23.2 Å². The fourth-order valence-electron chi connectivity index (χ4n) is 7.18. The summed E-state index contributed by atoms with van der Waals surface area (Å²) in [4.78, 5) is 16.2. The summed E-state index contributed by atoms with van der Waals surface area (Å²) >= 11 is 0. The van der Waals surface area contributed by atoms with E-state index in [-0.39, 0.29) is 81.5 Å². The monoisotopic (exact) mass is 859 g/mol. The van der Waals surface area contributed by atoms with E-state index >= 15 is 4.39 Å². The van der Waals surface area contributed by atoms with Crippen LogP contribution >= 0.6 is 0 Å². The van der Waals surface area contributed by atoms with Crippen LogP contribution in [0.25, 0.3) is 32.9 Å². The van der Waals surface area contributed by atoms with Crippen LogP contribution in [0.4, 0.5) is 33.5 Å². The van der Waals surface area contributed by atoms with E-state index in [0.29, 0.717) is 13.1 Å². The molecule has 1 aliphatic carbocycles. The number of hydrogen-bond acceptors (Lipinski definition) is 7. The van der Waals surface area contributed by atoms with Crippen molar-refractivity contribution >= 4 is 33.2 Å². The second kappa shape index (κ2) is 12.8. The second-order valence-electron chi connectivity index (χ2n) is 12.1. The topological polar surface area (TPSA) is 91.4 Å². The number of fused-ring (bicyclic) bond motifs is 4. The summed E-state index contributed by atoms with van der Waals surface area (Å²) in [5.74, 6) is -1.16. The Hall–Kier alpha value is -3.19. The Bertz CT molecular complexity index is 1860. The van der Waals surface area contributed by atoms with Crippen LogP contribution in [0.5, 0.6) is 6.01 Å². The molecule has 46 heavy (non-hydrogen) atoms. The van der Waals surface area contributed by atoms with E-state index < -0.39 is 47.4 Å². The van der Waals surface area contributed by atoms with Crippen LogP contribution in [-0.2, 0) is 0 Å². The molecule has 4 aromatic rings. The van der Waals surface area contributed by atoms with Crippen molar-refractivity contribution < 1.29 is 58.2 Å². The van der Waals surface area contributed by atoms with Gasteiger partial charge in [-0.3, -0.25) is 4.98 Å². The number of alkyl halides is 2. The van der Waals surface area contributed by atoms with Crippen LogP contribution < -0.4 is 10.6 Å². The van der Waals surface area contributed by atoms with Gasteiger partial charge in [-0.25, -0.2) is 28.0 Å². The first-order valence-electron chi connectivity index (χ1n) is 15.0. The van der Waals surface area contributed by atoms with Gasteiger partial charge in [-0.15, -0.1) is 12.8 Å². The molecule has 3 aliphatic heterocycles. The molecule has 8 rings (SSSR count). The van der Waals surface area contributed by atoms with Gasteiger partial charge in [0.25, 0.3) is 0 Å². The maximum Gasteiger partial charge on any atom is 0.316 e. The largest absolute Gasteiger partial charge is 0.479 e. The van der Waals surface area contributed by atoms with E-state index in [4.69, 9.17) is 12.2 Å². The second-order valence-corrected chi connectivity index (χ2v) is 12.1. The normalized spacial score (nSPS) is 24.0. The van der Waals surface area contributed by atoms with E-state index in [1.54, 1.807) is 4.90 Å². The first-order valence-corrected chi connectivity index (χ1v) is 15.0. The van der Waals surface area contributed by atoms with Gasteiger partial charge in [-0.2, -0.15) is 16.4 Å². The molecule has 0 spiro atoms. The molecule has 3 N–H and O–H groups in total. The molecular formula is C33H30F5N6OU-. The van der Waals surface area contributed by atoms with Crippen LogP contribution in [0.2, 0.25) is 0 Å². The average Bonchev–Trinajstić information content (AvgIpc) is 3.31. The van der Waals surface area contributed by atoms with Gasteiger partial charge in [-0.05, 0) is 49.5 Å². The molecule has 3 saturated heterocycles. The van der Waals surface area contributed by atoms with Gasteiger partial charge < -0.3 is 20.6 Å². The molecule has 5 heterocycles. The number of nitrogens with two attached hydrogens (primary N) is 1. The molecule has 0 amide bonds. The molecule has 2 aromatic carbocycles. The summed E-state index contributed by atoms with van der Waals surface area (Å²) in [6, 6.07) is 3.96. The van der Waals surface area contributed by atoms with Crippen LogP contribution in [0.3, 0.4) is 0 Å². The van der Waals surface area contributed by atoms with E-state index in [1.807, 2.05) is 0 Å². The van der Waals surface area contributed by atoms with Gasteiger partial charge in [0.05, 0.1) is 23.2 Å². The molecule has 4 atom stereocenters. The number of anilines is 2. The summed E-state index contributed by atoms with van der Waals surface area (Å²) in [5, 5.41) is 10.7. The first-order chi connectivity index (χ1) is 21.7. The van der Waals surface area contributed by atoms with Crippen molar-refractivity contribution in [3.8, 4) is 29.6 Å². The van der Waals surface area contributed by atoms with Crippen molar-refractivity contribution in [2.75, 3.05) is 30.3 Å². The van der Waals surface area contributed by atoms with Crippen molar-refractivity contribution in [1.29, 1.82) is 0 Å².